The van der Waals surface area contributed by atoms with Gasteiger partial charge in [0.15, 0.2) is 0 Å². The van der Waals surface area contributed by atoms with E-state index in [0.717, 1.165) is 22.5 Å². The van der Waals surface area contributed by atoms with Crippen LogP contribution >= 0.6 is 0 Å². The van der Waals surface area contributed by atoms with E-state index >= 15 is 0 Å². The molecule has 118 valence electrons. The van der Waals surface area contributed by atoms with Gasteiger partial charge < -0.3 is 10.5 Å². The van der Waals surface area contributed by atoms with Gasteiger partial charge in [0.25, 0.3) is 0 Å². The molecular formula is C17H23N3O2. The maximum Gasteiger partial charge on any atom is 0.310 e. The smallest absolute Gasteiger partial charge is 0.310 e. The molecule has 1 aromatic carbocycles. The van der Waals surface area contributed by atoms with Crippen LogP contribution in [0.3, 0.4) is 0 Å². The Hall–Kier alpha value is -2.30. The number of anilines is 1. The number of aromatic nitrogens is 2. The van der Waals surface area contributed by atoms with Crippen molar-refractivity contribution in [1.82, 2.24) is 9.78 Å². The Bertz CT molecular complexity index is 652. The van der Waals surface area contributed by atoms with Crippen LogP contribution in [0.5, 0.6) is 0 Å². The summed E-state index contributed by atoms with van der Waals surface area (Å²) in [4.78, 5) is 11.9. The number of carbonyl (C=O) groups excluding carboxylic acids is 1. The number of esters is 1. The van der Waals surface area contributed by atoms with Crippen molar-refractivity contribution in [2.45, 2.75) is 46.3 Å². The molecule has 0 aliphatic carbocycles. The number of nitrogens with zero attached hydrogens (tertiary/aromatic N) is 2. The van der Waals surface area contributed by atoms with E-state index in [1.807, 2.05) is 56.6 Å². The second kappa shape index (κ2) is 6.22. The van der Waals surface area contributed by atoms with E-state index in [1.165, 1.54) is 0 Å². The van der Waals surface area contributed by atoms with Gasteiger partial charge in [0.05, 0.1) is 19.2 Å². The van der Waals surface area contributed by atoms with Gasteiger partial charge in [-0.2, -0.15) is 5.10 Å². The Kier molecular flexibility index (Phi) is 4.54. The fraction of sp³-hybridized carbons (Fsp3) is 0.412. The zero-order valence-electron chi connectivity index (χ0n) is 13.6. The van der Waals surface area contributed by atoms with Gasteiger partial charge in [-0.15, -0.1) is 0 Å². The van der Waals surface area contributed by atoms with Gasteiger partial charge in [-0.1, -0.05) is 12.1 Å². The van der Waals surface area contributed by atoms with Crippen LogP contribution in [-0.4, -0.2) is 21.4 Å². The predicted molar refractivity (Wildman–Crippen MR) is 86.5 cm³/mol. The molecule has 2 N–H and O–H groups in total. The Morgan fingerprint density at radius 2 is 1.91 bits per heavy atom. The third kappa shape index (κ3) is 4.35. The SMILES string of the molecule is Cc1c(CC(=O)OC(C)(C)C)cnn1Cc1ccc(N)cc1. The summed E-state index contributed by atoms with van der Waals surface area (Å²) in [6, 6.07) is 7.69. The molecule has 0 unspecified atom stereocenters. The van der Waals surface area contributed by atoms with Crippen molar-refractivity contribution < 1.29 is 9.53 Å². The molecule has 0 bridgehead atoms. The molecule has 2 aromatic rings. The van der Waals surface area contributed by atoms with E-state index in [-0.39, 0.29) is 12.4 Å². The first-order valence-electron chi connectivity index (χ1n) is 7.32. The molecular weight excluding hydrogens is 278 g/mol. The van der Waals surface area contributed by atoms with Crippen LogP contribution < -0.4 is 5.73 Å². The first kappa shape index (κ1) is 16.1. The molecule has 0 aliphatic heterocycles. The summed E-state index contributed by atoms with van der Waals surface area (Å²) in [5, 5.41) is 4.36. The third-order valence-electron chi connectivity index (χ3n) is 3.27. The molecule has 0 spiro atoms. The van der Waals surface area contributed by atoms with E-state index in [2.05, 4.69) is 5.10 Å². The summed E-state index contributed by atoms with van der Waals surface area (Å²) in [6.45, 7) is 8.21. The third-order valence-corrected chi connectivity index (χ3v) is 3.27. The van der Waals surface area contributed by atoms with Gasteiger partial charge in [-0.05, 0) is 45.4 Å². The van der Waals surface area contributed by atoms with Crippen LogP contribution in [-0.2, 0) is 22.5 Å². The van der Waals surface area contributed by atoms with Gasteiger partial charge in [-0.25, -0.2) is 0 Å². The summed E-state index contributed by atoms with van der Waals surface area (Å²) >= 11 is 0. The number of hydrogen-bond acceptors (Lipinski definition) is 4. The average molecular weight is 301 g/mol. The lowest BCUT2D eigenvalue weighted by molar-refractivity contribution is -0.153. The monoisotopic (exact) mass is 301 g/mol. The molecule has 0 saturated carbocycles. The molecule has 0 amide bonds. The molecule has 5 heteroatoms. The topological polar surface area (TPSA) is 70.1 Å². The largest absolute Gasteiger partial charge is 0.460 e. The molecule has 0 fully saturated rings. The van der Waals surface area contributed by atoms with E-state index in [4.69, 9.17) is 10.5 Å². The number of hydrogen-bond donors (Lipinski definition) is 1. The van der Waals surface area contributed by atoms with E-state index < -0.39 is 5.60 Å². The van der Waals surface area contributed by atoms with E-state index in [1.54, 1.807) is 6.20 Å². The zero-order chi connectivity index (χ0) is 16.3. The van der Waals surface area contributed by atoms with Crippen molar-refractivity contribution in [2.24, 2.45) is 0 Å². The van der Waals surface area contributed by atoms with Crippen molar-refractivity contribution in [1.29, 1.82) is 0 Å². The zero-order valence-corrected chi connectivity index (χ0v) is 13.6. The summed E-state index contributed by atoms with van der Waals surface area (Å²) < 4.78 is 7.23. The number of benzene rings is 1. The van der Waals surface area contributed by atoms with Gasteiger partial charge in [0.1, 0.15) is 5.60 Å². The fourth-order valence-corrected chi connectivity index (χ4v) is 2.15. The van der Waals surface area contributed by atoms with Crippen LogP contribution in [0.2, 0.25) is 0 Å². The summed E-state index contributed by atoms with van der Waals surface area (Å²) in [7, 11) is 0. The molecule has 0 radical (unpaired) electrons. The van der Waals surface area contributed by atoms with Crippen molar-refractivity contribution in [2.75, 3.05) is 5.73 Å². The number of rotatable bonds is 4. The van der Waals surface area contributed by atoms with Crippen molar-refractivity contribution in [3.8, 4) is 0 Å². The number of carbonyl (C=O) groups is 1. The highest BCUT2D eigenvalue weighted by Crippen LogP contribution is 2.14. The van der Waals surface area contributed by atoms with Crippen LogP contribution in [0.15, 0.2) is 30.5 Å². The van der Waals surface area contributed by atoms with E-state index in [9.17, 15) is 4.79 Å². The molecule has 0 aliphatic rings. The first-order valence-corrected chi connectivity index (χ1v) is 7.32. The van der Waals surface area contributed by atoms with Crippen molar-refractivity contribution in [3.05, 3.63) is 47.3 Å². The minimum Gasteiger partial charge on any atom is -0.460 e. The van der Waals surface area contributed by atoms with Crippen LogP contribution in [0.1, 0.15) is 37.6 Å². The summed E-state index contributed by atoms with van der Waals surface area (Å²) in [5.41, 5.74) is 8.94. The second-order valence-electron chi connectivity index (χ2n) is 6.42. The Morgan fingerprint density at radius 1 is 1.27 bits per heavy atom. The highest BCUT2D eigenvalue weighted by molar-refractivity contribution is 5.73. The van der Waals surface area contributed by atoms with Gasteiger partial charge in [0.2, 0.25) is 0 Å². The minimum absolute atomic E-state index is 0.234. The average Bonchev–Trinajstić information content (AvgIpc) is 2.72. The number of nitrogens with two attached hydrogens (primary N) is 1. The standard InChI is InChI=1S/C17H23N3O2/c1-12-14(9-16(21)22-17(2,3)4)10-19-20(12)11-13-5-7-15(18)8-6-13/h5-8,10H,9,11,18H2,1-4H3. The van der Waals surface area contributed by atoms with Crippen LogP contribution in [0, 0.1) is 6.92 Å². The molecule has 5 nitrogen and oxygen atoms in total. The van der Waals surface area contributed by atoms with Gasteiger partial charge >= 0.3 is 5.97 Å². The predicted octanol–water partition coefficient (Wildman–Crippen LogP) is 2.71. The Morgan fingerprint density at radius 3 is 2.50 bits per heavy atom. The fourth-order valence-electron chi connectivity index (χ4n) is 2.15. The number of ether oxygens (including phenoxy) is 1. The van der Waals surface area contributed by atoms with Crippen LogP contribution in [0.25, 0.3) is 0 Å². The van der Waals surface area contributed by atoms with Crippen molar-refractivity contribution >= 4 is 11.7 Å². The Labute approximate surface area is 131 Å². The van der Waals surface area contributed by atoms with Gasteiger partial charge in [-0.3, -0.25) is 9.48 Å². The molecule has 0 saturated heterocycles. The highest BCUT2D eigenvalue weighted by atomic mass is 16.6. The molecule has 22 heavy (non-hydrogen) atoms. The van der Waals surface area contributed by atoms with Crippen molar-refractivity contribution in [3.63, 3.8) is 0 Å². The normalized spacial score (nSPS) is 11.5. The second-order valence-corrected chi connectivity index (χ2v) is 6.42. The lowest BCUT2D eigenvalue weighted by Gasteiger charge is -2.19. The molecule has 1 heterocycles. The number of nitrogen functional groups attached to an aromatic ring is 1. The first-order chi connectivity index (χ1) is 10.2. The lowest BCUT2D eigenvalue weighted by Crippen LogP contribution is -2.25. The Balaban J connectivity index is 2.06. The maximum atomic E-state index is 11.9. The molecule has 1 aromatic heterocycles. The van der Waals surface area contributed by atoms with Gasteiger partial charge in [0, 0.05) is 16.9 Å². The molecule has 0 atom stereocenters. The highest BCUT2D eigenvalue weighted by Gasteiger charge is 2.18. The molecule has 2 rings (SSSR count). The maximum absolute atomic E-state index is 11.9. The summed E-state index contributed by atoms with van der Waals surface area (Å²) in [6.07, 6.45) is 1.97. The lowest BCUT2D eigenvalue weighted by atomic mass is 10.1. The van der Waals surface area contributed by atoms with Crippen LogP contribution in [0.4, 0.5) is 5.69 Å². The summed E-state index contributed by atoms with van der Waals surface area (Å²) in [5.74, 6) is -0.234. The minimum atomic E-state index is -0.467. The van der Waals surface area contributed by atoms with E-state index in [0.29, 0.717) is 6.54 Å². The quantitative estimate of drug-likeness (QED) is 0.696.